The van der Waals surface area contributed by atoms with Crippen LogP contribution in [-0.2, 0) is 28.0 Å². The van der Waals surface area contributed by atoms with Crippen molar-refractivity contribution in [1.82, 2.24) is 9.21 Å². The summed E-state index contributed by atoms with van der Waals surface area (Å²) in [5.74, 6) is -0.0412. The molecular formula is C18H17N3O4S. The van der Waals surface area contributed by atoms with E-state index in [1.807, 2.05) is 18.2 Å². The van der Waals surface area contributed by atoms with Gasteiger partial charge in [0.15, 0.2) is 5.76 Å². The molecule has 1 amide bonds. The van der Waals surface area contributed by atoms with Crippen LogP contribution in [0.25, 0.3) is 0 Å². The molecule has 3 heterocycles. The van der Waals surface area contributed by atoms with Crippen molar-refractivity contribution in [3.8, 4) is 0 Å². The molecule has 0 N–H and O–H groups in total. The van der Waals surface area contributed by atoms with E-state index in [4.69, 9.17) is 4.42 Å². The zero-order chi connectivity index (χ0) is 18.3. The Morgan fingerprint density at radius 2 is 1.92 bits per heavy atom. The number of allylic oxidation sites excluding steroid dienone is 1. The van der Waals surface area contributed by atoms with Gasteiger partial charge in [-0.2, -0.15) is 8.42 Å². The van der Waals surface area contributed by atoms with Gasteiger partial charge >= 0.3 is 10.2 Å². The number of hydrogen-bond donors (Lipinski definition) is 0. The largest absolute Gasteiger partial charge is 0.463 e. The van der Waals surface area contributed by atoms with Gasteiger partial charge in [0, 0.05) is 20.1 Å². The molecule has 26 heavy (non-hydrogen) atoms. The molecule has 0 atom stereocenters. The van der Waals surface area contributed by atoms with E-state index in [1.165, 1.54) is 25.0 Å². The first-order valence-corrected chi connectivity index (χ1v) is 9.56. The zero-order valence-corrected chi connectivity index (χ0v) is 14.9. The van der Waals surface area contributed by atoms with Gasteiger partial charge in [0.1, 0.15) is 11.4 Å². The SMILES string of the molecule is CN1C(C(=O)N2CCc3ccccc3C2)=CC(c2ccco2)=NS1(=O)=O. The Bertz CT molecular complexity index is 1020. The van der Waals surface area contributed by atoms with Crippen molar-refractivity contribution in [1.29, 1.82) is 0 Å². The summed E-state index contributed by atoms with van der Waals surface area (Å²) in [6.07, 6.45) is 3.63. The highest BCUT2D eigenvalue weighted by Crippen LogP contribution is 2.25. The second-order valence-electron chi connectivity index (χ2n) is 6.17. The first kappa shape index (κ1) is 16.6. The topological polar surface area (TPSA) is 83.2 Å². The molecule has 4 rings (SSSR count). The highest BCUT2D eigenvalue weighted by molar-refractivity contribution is 7.88. The summed E-state index contributed by atoms with van der Waals surface area (Å²) >= 11 is 0. The molecule has 7 nitrogen and oxygen atoms in total. The lowest BCUT2D eigenvalue weighted by Crippen LogP contribution is -2.43. The standard InChI is InChI=1S/C18H17N3O4S/c1-20-16(11-15(19-26(20,23)24)17-7-4-10-25-17)18(22)21-9-8-13-5-2-3-6-14(13)12-21/h2-7,10-11H,8-9,12H2,1H3. The molecule has 1 aromatic carbocycles. The van der Waals surface area contributed by atoms with Gasteiger partial charge in [0.2, 0.25) is 0 Å². The molecule has 8 heteroatoms. The highest BCUT2D eigenvalue weighted by Gasteiger charge is 2.33. The number of fused-ring (bicyclic) bond motifs is 1. The number of carbonyl (C=O) groups excluding carboxylic acids is 1. The van der Waals surface area contributed by atoms with Crippen molar-refractivity contribution in [2.45, 2.75) is 13.0 Å². The molecule has 0 spiro atoms. The van der Waals surface area contributed by atoms with Crippen molar-refractivity contribution in [2.24, 2.45) is 4.40 Å². The van der Waals surface area contributed by atoms with Gasteiger partial charge in [-0.05, 0) is 35.8 Å². The summed E-state index contributed by atoms with van der Waals surface area (Å²) in [6.45, 7) is 0.988. The maximum atomic E-state index is 13.0. The Labute approximate surface area is 151 Å². The molecule has 134 valence electrons. The highest BCUT2D eigenvalue weighted by atomic mass is 32.2. The summed E-state index contributed by atoms with van der Waals surface area (Å²) < 4.78 is 34.6. The first-order chi connectivity index (χ1) is 12.5. The molecule has 0 bridgehead atoms. The average molecular weight is 371 g/mol. The van der Waals surface area contributed by atoms with E-state index in [2.05, 4.69) is 10.5 Å². The monoisotopic (exact) mass is 371 g/mol. The van der Waals surface area contributed by atoms with Crippen LogP contribution < -0.4 is 0 Å². The van der Waals surface area contributed by atoms with Crippen molar-refractivity contribution < 1.29 is 17.6 Å². The van der Waals surface area contributed by atoms with Crippen LogP contribution in [0.1, 0.15) is 16.9 Å². The second-order valence-corrected chi connectivity index (χ2v) is 7.80. The number of likely N-dealkylation sites (N-methyl/N-ethyl adjacent to an activating group) is 1. The van der Waals surface area contributed by atoms with Gasteiger partial charge in [-0.25, -0.2) is 4.31 Å². The Balaban J connectivity index is 1.68. The van der Waals surface area contributed by atoms with Crippen molar-refractivity contribution >= 4 is 21.8 Å². The summed E-state index contributed by atoms with van der Waals surface area (Å²) in [5, 5.41) is 0. The van der Waals surface area contributed by atoms with Crippen molar-refractivity contribution in [3.05, 3.63) is 71.3 Å². The molecule has 0 radical (unpaired) electrons. The average Bonchev–Trinajstić information content (AvgIpc) is 3.17. The van der Waals surface area contributed by atoms with Crippen LogP contribution >= 0.6 is 0 Å². The maximum Gasteiger partial charge on any atom is 0.345 e. The summed E-state index contributed by atoms with van der Waals surface area (Å²) in [4.78, 5) is 14.7. The van der Waals surface area contributed by atoms with Crippen LogP contribution in [0.4, 0.5) is 0 Å². The van der Waals surface area contributed by atoms with Crippen LogP contribution in [0, 0.1) is 0 Å². The van der Waals surface area contributed by atoms with Gasteiger partial charge in [0.25, 0.3) is 5.91 Å². The minimum absolute atomic E-state index is 0.0609. The fourth-order valence-electron chi connectivity index (χ4n) is 3.12. The molecule has 0 fully saturated rings. The Morgan fingerprint density at radius 3 is 2.65 bits per heavy atom. The number of hydrogen-bond acceptors (Lipinski definition) is 4. The van der Waals surface area contributed by atoms with E-state index in [-0.39, 0.29) is 17.3 Å². The molecule has 0 aliphatic carbocycles. The normalized spacial score (nSPS) is 18.8. The molecule has 0 saturated carbocycles. The Hall–Kier alpha value is -2.87. The van der Waals surface area contributed by atoms with Crippen LogP contribution in [0.2, 0.25) is 0 Å². The number of nitrogens with zero attached hydrogens (tertiary/aromatic N) is 3. The van der Waals surface area contributed by atoms with Gasteiger partial charge in [-0.1, -0.05) is 24.3 Å². The van der Waals surface area contributed by atoms with Gasteiger partial charge in [-0.3, -0.25) is 4.79 Å². The summed E-state index contributed by atoms with van der Waals surface area (Å²) in [6, 6.07) is 11.2. The third-order valence-electron chi connectivity index (χ3n) is 4.58. The fourth-order valence-corrected chi connectivity index (χ4v) is 4.02. The lowest BCUT2D eigenvalue weighted by atomic mass is 9.99. The molecule has 2 aliphatic heterocycles. The third-order valence-corrected chi connectivity index (χ3v) is 5.90. The van der Waals surface area contributed by atoms with E-state index < -0.39 is 10.2 Å². The van der Waals surface area contributed by atoms with E-state index in [0.717, 1.165) is 16.3 Å². The van der Waals surface area contributed by atoms with E-state index in [9.17, 15) is 13.2 Å². The number of carbonyl (C=O) groups is 1. The Kier molecular flexibility index (Phi) is 3.91. The molecule has 0 unspecified atom stereocenters. The molecule has 2 aromatic rings. The van der Waals surface area contributed by atoms with Crippen molar-refractivity contribution in [2.75, 3.05) is 13.6 Å². The maximum absolute atomic E-state index is 13.0. The summed E-state index contributed by atoms with van der Waals surface area (Å²) in [7, 11) is -2.65. The molecular weight excluding hydrogens is 354 g/mol. The first-order valence-electron chi connectivity index (χ1n) is 8.16. The van der Waals surface area contributed by atoms with Crippen molar-refractivity contribution in [3.63, 3.8) is 0 Å². The molecule has 0 saturated heterocycles. The predicted molar refractivity (Wildman–Crippen MR) is 95.6 cm³/mol. The fraction of sp³-hybridized carbons (Fsp3) is 0.222. The molecule has 2 aliphatic rings. The second kappa shape index (κ2) is 6.14. The van der Waals surface area contributed by atoms with E-state index >= 15 is 0 Å². The lowest BCUT2D eigenvalue weighted by Gasteiger charge is -2.32. The Morgan fingerprint density at radius 1 is 1.15 bits per heavy atom. The zero-order valence-electron chi connectivity index (χ0n) is 14.1. The van der Waals surface area contributed by atoms with Gasteiger partial charge in [-0.15, -0.1) is 4.40 Å². The van der Waals surface area contributed by atoms with Gasteiger partial charge < -0.3 is 9.32 Å². The van der Waals surface area contributed by atoms with Crippen LogP contribution in [0.5, 0.6) is 0 Å². The smallest absolute Gasteiger partial charge is 0.345 e. The lowest BCUT2D eigenvalue weighted by molar-refractivity contribution is -0.129. The van der Waals surface area contributed by atoms with Crippen LogP contribution in [0.15, 0.2) is 63.2 Å². The number of benzene rings is 1. The quantitative estimate of drug-likeness (QED) is 0.805. The number of amides is 1. The minimum Gasteiger partial charge on any atom is -0.463 e. The minimum atomic E-state index is -3.98. The number of rotatable bonds is 2. The van der Waals surface area contributed by atoms with E-state index in [1.54, 1.807) is 17.0 Å². The molecule has 1 aromatic heterocycles. The van der Waals surface area contributed by atoms with E-state index in [0.29, 0.717) is 18.8 Å². The summed E-state index contributed by atoms with van der Waals surface area (Å²) in [5.41, 5.74) is 2.47. The van der Waals surface area contributed by atoms with Gasteiger partial charge in [0.05, 0.1) is 6.26 Å². The van der Waals surface area contributed by atoms with Crippen LogP contribution in [-0.4, -0.2) is 42.8 Å². The number of furan rings is 1. The van der Waals surface area contributed by atoms with Crippen LogP contribution in [0.3, 0.4) is 0 Å². The predicted octanol–water partition coefficient (Wildman–Crippen LogP) is 1.73. The third kappa shape index (κ3) is 2.82.